The van der Waals surface area contributed by atoms with Crippen LogP contribution in [0.3, 0.4) is 0 Å². The first-order valence-electron chi connectivity index (χ1n) is 7.99. The number of carbonyl (C=O) groups is 1. The molecule has 5 nitrogen and oxygen atoms in total. The van der Waals surface area contributed by atoms with Crippen LogP contribution in [0, 0.1) is 0 Å². The molecule has 0 atom stereocenters. The number of benzene rings is 1. The summed E-state index contributed by atoms with van der Waals surface area (Å²) in [6.07, 6.45) is 3.83. The first-order valence-corrected chi connectivity index (χ1v) is 9.75. The van der Waals surface area contributed by atoms with Crippen LogP contribution in [-0.2, 0) is 17.8 Å². The van der Waals surface area contributed by atoms with Crippen molar-refractivity contribution in [2.75, 3.05) is 5.32 Å². The molecule has 0 aliphatic heterocycles. The number of aromatic nitrogens is 2. The van der Waals surface area contributed by atoms with Crippen LogP contribution in [0.2, 0.25) is 0 Å². The molecule has 0 fully saturated rings. The van der Waals surface area contributed by atoms with E-state index < -0.39 is 0 Å². The number of hydrogen-bond donors (Lipinski definition) is 2. The van der Waals surface area contributed by atoms with E-state index >= 15 is 0 Å². The van der Waals surface area contributed by atoms with Crippen molar-refractivity contribution in [2.45, 2.75) is 13.0 Å². The maximum Gasteiger partial charge on any atom is 0.228 e. The predicted molar refractivity (Wildman–Crippen MR) is 105 cm³/mol. The van der Waals surface area contributed by atoms with Gasteiger partial charge in [0.1, 0.15) is 5.01 Å². The largest absolute Gasteiger partial charge is 0.389 e. The maximum absolute atomic E-state index is 12.6. The monoisotopic (exact) mass is 381 g/mol. The highest BCUT2D eigenvalue weighted by Crippen LogP contribution is 2.34. The summed E-state index contributed by atoms with van der Waals surface area (Å²) in [6.45, 7) is -0.0757. The average Bonchev–Trinajstić information content (AvgIpc) is 3.31. The van der Waals surface area contributed by atoms with Crippen LogP contribution < -0.4 is 5.32 Å². The lowest BCUT2D eigenvalue weighted by Crippen LogP contribution is -2.14. The summed E-state index contributed by atoms with van der Waals surface area (Å²) < 4.78 is 0. The van der Waals surface area contributed by atoms with Gasteiger partial charge in [0, 0.05) is 23.2 Å². The number of carbonyl (C=O) groups excluding carboxylic acids is 1. The highest BCUT2D eigenvalue weighted by atomic mass is 32.1. The molecule has 0 saturated heterocycles. The van der Waals surface area contributed by atoms with Crippen LogP contribution in [0.1, 0.15) is 10.6 Å². The molecule has 2 N–H and O–H groups in total. The molecule has 26 heavy (non-hydrogen) atoms. The maximum atomic E-state index is 12.6. The van der Waals surface area contributed by atoms with Crippen LogP contribution in [0.25, 0.3) is 21.3 Å². The minimum absolute atomic E-state index is 0.0757. The van der Waals surface area contributed by atoms with Gasteiger partial charge in [-0.15, -0.1) is 22.7 Å². The SMILES string of the molecule is O=C(Cc1cccc2cnccc12)Nc1ccsc1-c1csc(CO)n1. The van der Waals surface area contributed by atoms with Crippen molar-refractivity contribution in [3.05, 3.63) is 64.1 Å². The molecule has 0 aliphatic carbocycles. The van der Waals surface area contributed by atoms with Crippen LogP contribution in [-0.4, -0.2) is 21.0 Å². The number of anilines is 1. The van der Waals surface area contributed by atoms with Gasteiger partial charge in [-0.1, -0.05) is 18.2 Å². The number of aliphatic hydroxyl groups is 1. The lowest BCUT2D eigenvalue weighted by atomic mass is 10.0. The van der Waals surface area contributed by atoms with Crippen molar-refractivity contribution in [1.29, 1.82) is 0 Å². The number of amides is 1. The highest BCUT2D eigenvalue weighted by Gasteiger charge is 2.14. The molecular formula is C19H15N3O2S2. The molecule has 0 aliphatic rings. The van der Waals surface area contributed by atoms with Gasteiger partial charge in [-0.3, -0.25) is 9.78 Å². The number of rotatable bonds is 5. The molecule has 0 saturated carbocycles. The topological polar surface area (TPSA) is 75.1 Å². The lowest BCUT2D eigenvalue weighted by molar-refractivity contribution is -0.115. The molecule has 4 aromatic rings. The Bertz CT molecular complexity index is 1070. The van der Waals surface area contributed by atoms with E-state index in [4.69, 9.17) is 0 Å². The van der Waals surface area contributed by atoms with Gasteiger partial charge < -0.3 is 10.4 Å². The molecule has 7 heteroatoms. The van der Waals surface area contributed by atoms with E-state index in [1.54, 1.807) is 12.4 Å². The Labute approximate surface area is 158 Å². The summed E-state index contributed by atoms with van der Waals surface area (Å²) in [6, 6.07) is 9.70. The quantitative estimate of drug-likeness (QED) is 0.546. The van der Waals surface area contributed by atoms with Crippen molar-refractivity contribution in [3.63, 3.8) is 0 Å². The zero-order valence-corrected chi connectivity index (χ0v) is 15.3. The summed E-state index contributed by atoms with van der Waals surface area (Å²) >= 11 is 2.92. The third-order valence-corrected chi connectivity index (χ3v) is 5.75. The Balaban J connectivity index is 1.55. The number of fused-ring (bicyclic) bond motifs is 1. The van der Waals surface area contributed by atoms with Crippen LogP contribution in [0.15, 0.2) is 53.5 Å². The van der Waals surface area contributed by atoms with E-state index in [0.717, 1.165) is 32.6 Å². The van der Waals surface area contributed by atoms with E-state index in [1.807, 2.05) is 41.1 Å². The number of thiophene rings is 1. The van der Waals surface area contributed by atoms with E-state index in [9.17, 15) is 9.90 Å². The Morgan fingerprint density at radius 2 is 2.12 bits per heavy atom. The van der Waals surface area contributed by atoms with E-state index in [-0.39, 0.29) is 18.9 Å². The Hall–Kier alpha value is -2.61. The second-order valence-electron chi connectivity index (χ2n) is 5.69. The summed E-state index contributed by atoms with van der Waals surface area (Å²) in [4.78, 5) is 22.0. The van der Waals surface area contributed by atoms with Crippen molar-refractivity contribution >= 4 is 45.0 Å². The zero-order chi connectivity index (χ0) is 17.9. The third kappa shape index (κ3) is 3.37. The summed E-state index contributed by atoms with van der Waals surface area (Å²) in [5, 5.41) is 18.7. The first kappa shape index (κ1) is 16.8. The van der Waals surface area contributed by atoms with Gasteiger partial charge in [-0.2, -0.15) is 0 Å². The molecule has 4 rings (SSSR count). The van der Waals surface area contributed by atoms with Gasteiger partial charge in [0.15, 0.2) is 0 Å². The Morgan fingerprint density at radius 1 is 1.19 bits per heavy atom. The molecule has 1 aromatic carbocycles. The smallest absolute Gasteiger partial charge is 0.228 e. The first-order chi connectivity index (χ1) is 12.7. The van der Waals surface area contributed by atoms with Gasteiger partial charge in [-0.25, -0.2) is 4.98 Å². The average molecular weight is 381 g/mol. The van der Waals surface area contributed by atoms with Gasteiger partial charge in [-0.05, 0) is 28.5 Å². The highest BCUT2D eigenvalue weighted by molar-refractivity contribution is 7.15. The fourth-order valence-corrected chi connectivity index (χ4v) is 4.33. The summed E-state index contributed by atoms with van der Waals surface area (Å²) in [5.74, 6) is -0.0772. The van der Waals surface area contributed by atoms with E-state index in [0.29, 0.717) is 5.01 Å². The Morgan fingerprint density at radius 3 is 2.96 bits per heavy atom. The van der Waals surface area contributed by atoms with Crippen molar-refractivity contribution in [3.8, 4) is 10.6 Å². The van der Waals surface area contributed by atoms with Gasteiger partial charge in [0.2, 0.25) is 5.91 Å². The molecule has 0 radical (unpaired) electrons. The van der Waals surface area contributed by atoms with Gasteiger partial charge in [0.05, 0.1) is 29.3 Å². The van der Waals surface area contributed by atoms with Gasteiger partial charge in [0.25, 0.3) is 0 Å². The predicted octanol–water partition coefficient (Wildman–Crippen LogP) is 4.09. The minimum atomic E-state index is -0.0772. The van der Waals surface area contributed by atoms with Gasteiger partial charge >= 0.3 is 0 Å². The molecule has 1 amide bonds. The van der Waals surface area contributed by atoms with Crippen molar-refractivity contribution in [1.82, 2.24) is 9.97 Å². The molecule has 3 heterocycles. The van der Waals surface area contributed by atoms with Crippen LogP contribution in [0.4, 0.5) is 5.69 Å². The van der Waals surface area contributed by atoms with Crippen LogP contribution in [0.5, 0.6) is 0 Å². The number of aliphatic hydroxyl groups excluding tert-OH is 1. The van der Waals surface area contributed by atoms with E-state index in [2.05, 4.69) is 15.3 Å². The van der Waals surface area contributed by atoms with Crippen molar-refractivity contribution < 1.29 is 9.90 Å². The number of pyridine rings is 1. The molecule has 130 valence electrons. The number of thiazole rings is 1. The molecular weight excluding hydrogens is 366 g/mol. The van der Waals surface area contributed by atoms with E-state index in [1.165, 1.54) is 22.7 Å². The molecule has 0 bridgehead atoms. The zero-order valence-electron chi connectivity index (χ0n) is 13.7. The second-order valence-corrected chi connectivity index (χ2v) is 7.55. The second kappa shape index (κ2) is 7.33. The normalized spacial score (nSPS) is 11.0. The summed E-state index contributed by atoms with van der Waals surface area (Å²) in [7, 11) is 0. The number of nitrogens with zero attached hydrogens (tertiary/aromatic N) is 2. The van der Waals surface area contributed by atoms with Crippen LogP contribution >= 0.6 is 22.7 Å². The fourth-order valence-electron chi connectivity index (χ4n) is 2.81. The van der Waals surface area contributed by atoms with Crippen molar-refractivity contribution in [2.24, 2.45) is 0 Å². The standard InChI is InChI=1S/C19H15N3O2S2/c23-10-18-22-16(11-26-18)19-15(5-7-25-19)21-17(24)8-12-2-1-3-13-9-20-6-4-14(12)13/h1-7,9,11,23H,8,10H2,(H,21,24). The fraction of sp³-hybridized carbons (Fsp3) is 0.105. The lowest BCUT2D eigenvalue weighted by Gasteiger charge is -2.08. The number of nitrogens with one attached hydrogen (secondary N) is 1. The molecule has 0 unspecified atom stereocenters. The molecule has 0 spiro atoms. The minimum Gasteiger partial charge on any atom is -0.389 e. The summed E-state index contributed by atoms with van der Waals surface area (Å²) in [5.41, 5.74) is 2.49. The number of hydrogen-bond acceptors (Lipinski definition) is 6. The molecule has 3 aromatic heterocycles. The Kier molecular flexibility index (Phi) is 4.75. The third-order valence-electron chi connectivity index (χ3n) is 3.98.